The van der Waals surface area contributed by atoms with Gasteiger partial charge in [0.2, 0.25) is 0 Å². The zero-order valence-electron chi connectivity index (χ0n) is 30.4. The number of hydrogen-bond donors (Lipinski definition) is 0. The molecule has 0 saturated carbocycles. The maximum atomic E-state index is 6.52. The summed E-state index contributed by atoms with van der Waals surface area (Å²) in [7, 11) is 0. The molecule has 1 heterocycles. The van der Waals surface area contributed by atoms with Crippen LogP contribution in [0.1, 0.15) is 22.3 Å². The Labute approximate surface area is 324 Å². The Kier molecular flexibility index (Phi) is 5.89. The van der Waals surface area contributed by atoms with Crippen LogP contribution in [0.2, 0.25) is 0 Å². The van der Waals surface area contributed by atoms with Gasteiger partial charge in [0.15, 0.2) is 0 Å². The van der Waals surface area contributed by atoms with Crippen molar-refractivity contribution in [3.8, 4) is 67.1 Å². The highest BCUT2D eigenvalue weighted by Gasteiger charge is 2.53. The molecule has 0 atom stereocenters. The van der Waals surface area contributed by atoms with Crippen LogP contribution in [0.25, 0.3) is 88.0 Å². The molecule has 0 saturated heterocycles. The largest absolute Gasteiger partial charge is 0.456 e. The van der Waals surface area contributed by atoms with E-state index in [1.165, 1.54) is 105 Å². The molecule has 3 aliphatic rings. The quantitative estimate of drug-likeness (QED) is 0.174. The van der Waals surface area contributed by atoms with Crippen molar-refractivity contribution in [2.45, 2.75) is 5.41 Å². The lowest BCUT2D eigenvalue weighted by molar-refractivity contribution is 0.487. The fraction of sp³-hybridized carbons (Fsp3) is 0.0182. The molecule has 10 aromatic carbocycles. The SMILES string of the molecule is c1ccc2c(c1)Oc1ccc(-c3ccc4cc(-c5cccc6ccccc56)c5c(c4c3)C3(c4ccccc4-c4ccccc43)c3ccccc3-5)c3cccc-2c13. The third-order valence-electron chi connectivity index (χ3n) is 12.9. The summed E-state index contributed by atoms with van der Waals surface area (Å²) >= 11 is 0. The molecule has 1 aliphatic heterocycles. The molecular weight excluding hydrogens is 677 g/mol. The van der Waals surface area contributed by atoms with Crippen molar-refractivity contribution in [3.05, 3.63) is 216 Å². The summed E-state index contributed by atoms with van der Waals surface area (Å²) in [5.74, 6) is 1.82. The van der Waals surface area contributed by atoms with Crippen molar-refractivity contribution in [2.24, 2.45) is 0 Å². The zero-order valence-corrected chi connectivity index (χ0v) is 30.4. The fourth-order valence-corrected chi connectivity index (χ4v) is 10.7. The molecule has 2 aliphatic carbocycles. The van der Waals surface area contributed by atoms with Gasteiger partial charge in [-0.05, 0) is 124 Å². The van der Waals surface area contributed by atoms with Crippen LogP contribution in [-0.2, 0) is 5.41 Å². The molecule has 1 spiro atoms. The Balaban J connectivity index is 1.18. The molecule has 0 aromatic heterocycles. The molecule has 1 heteroatoms. The summed E-state index contributed by atoms with van der Waals surface area (Å²) in [5.41, 5.74) is 17.5. The van der Waals surface area contributed by atoms with Crippen molar-refractivity contribution in [3.63, 3.8) is 0 Å². The van der Waals surface area contributed by atoms with Gasteiger partial charge in [-0.25, -0.2) is 0 Å². The summed E-state index contributed by atoms with van der Waals surface area (Å²) in [6, 6.07) is 72.2. The lowest BCUT2D eigenvalue weighted by atomic mass is 9.69. The molecule has 10 aromatic rings. The molecule has 56 heavy (non-hydrogen) atoms. The Morgan fingerprint density at radius 1 is 0.321 bits per heavy atom. The van der Waals surface area contributed by atoms with E-state index in [9.17, 15) is 0 Å². The Morgan fingerprint density at radius 3 is 1.75 bits per heavy atom. The first-order valence-corrected chi connectivity index (χ1v) is 19.5. The van der Waals surface area contributed by atoms with Crippen LogP contribution in [0.15, 0.2) is 194 Å². The second kappa shape index (κ2) is 10.9. The zero-order chi connectivity index (χ0) is 36.5. The van der Waals surface area contributed by atoms with Gasteiger partial charge in [0, 0.05) is 10.9 Å². The standard InChI is InChI=1S/C55H32O/c1-2-15-36-33(13-1)14-11-20-38(36)46-32-35-28-27-34(37-29-30-51-52-42(37)21-12-22-43(52)41-18-6-10-26-50(41)56-51)31-45(35)54-53(46)44-19-5-9-25-49(44)55(54)47-23-7-3-16-39(47)40-17-4-8-24-48(40)55/h1-32H. The molecule has 0 amide bonds. The monoisotopic (exact) mass is 708 g/mol. The Morgan fingerprint density at radius 2 is 0.929 bits per heavy atom. The lowest BCUT2D eigenvalue weighted by Gasteiger charge is -2.32. The Hall–Kier alpha value is -7.22. The number of fused-ring (bicyclic) bond motifs is 15. The first-order valence-electron chi connectivity index (χ1n) is 19.5. The summed E-state index contributed by atoms with van der Waals surface area (Å²) in [6.45, 7) is 0. The van der Waals surface area contributed by atoms with E-state index < -0.39 is 5.41 Å². The molecule has 1 nitrogen and oxygen atoms in total. The highest BCUT2D eigenvalue weighted by Crippen LogP contribution is 2.66. The number of ether oxygens (including phenoxy) is 1. The number of para-hydroxylation sites is 1. The van der Waals surface area contributed by atoms with Crippen LogP contribution in [0.4, 0.5) is 0 Å². The minimum atomic E-state index is -0.492. The molecule has 0 radical (unpaired) electrons. The predicted molar refractivity (Wildman–Crippen MR) is 232 cm³/mol. The van der Waals surface area contributed by atoms with E-state index in [0.29, 0.717) is 0 Å². The topological polar surface area (TPSA) is 9.23 Å². The number of benzene rings is 10. The van der Waals surface area contributed by atoms with E-state index in [2.05, 4.69) is 188 Å². The normalized spacial score (nSPS) is 13.6. The second-order valence-electron chi connectivity index (χ2n) is 15.5. The molecular formula is C55H32O. The van der Waals surface area contributed by atoms with Crippen molar-refractivity contribution in [1.82, 2.24) is 0 Å². The van der Waals surface area contributed by atoms with Crippen molar-refractivity contribution >= 4 is 32.3 Å². The van der Waals surface area contributed by atoms with Gasteiger partial charge in [0.1, 0.15) is 11.5 Å². The fourth-order valence-electron chi connectivity index (χ4n) is 10.7. The second-order valence-corrected chi connectivity index (χ2v) is 15.5. The number of hydrogen-bond acceptors (Lipinski definition) is 1. The summed E-state index contributed by atoms with van der Waals surface area (Å²) in [5, 5.41) is 7.42. The molecule has 0 unspecified atom stereocenters. The average Bonchev–Trinajstić information content (AvgIpc) is 3.74. The van der Waals surface area contributed by atoms with E-state index in [-0.39, 0.29) is 0 Å². The maximum Gasteiger partial charge on any atom is 0.135 e. The van der Waals surface area contributed by atoms with Gasteiger partial charge in [-0.1, -0.05) is 170 Å². The number of rotatable bonds is 2. The van der Waals surface area contributed by atoms with E-state index >= 15 is 0 Å². The van der Waals surface area contributed by atoms with Gasteiger partial charge < -0.3 is 4.74 Å². The van der Waals surface area contributed by atoms with Gasteiger partial charge >= 0.3 is 0 Å². The van der Waals surface area contributed by atoms with Crippen LogP contribution < -0.4 is 4.74 Å². The van der Waals surface area contributed by atoms with E-state index in [1.807, 2.05) is 6.07 Å². The lowest BCUT2D eigenvalue weighted by Crippen LogP contribution is -2.26. The van der Waals surface area contributed by atoms with Gasteiger partial charge in [0.05, 0.1) is 5.41 Å². The highest BCUT2D eigenvalue weighted by molar-refractivity contribution is 6.14. The van der Waals surface area contributed by atoms with Crippen LogP contribution in [0.5, 0.6) is 11.5 Å². The third-order valence-corrected chi connectivity index (χ3v) is 12.9. The van der Waals surface area contributed by atoms with E-state index in [0.717, 1.165) is 17.1 Å². The third kappa shape index (κ3) is 3.75. The minimum absolute atomic E-state index is 0.492. The van der Waals surface area contributed by atoms with Crippen LogP contribution in [0, 0.1) is 0 Å². The van der Waals surface area contributed by atoms with Gasteiger partial charge in [-0.15, -0.1) is 0 Å². The average molecular weight is 709 g/mol. The van der Waals surface area contributed by atoms with Gasteiger partial charge in [-0.3, -0.25) is 0 Å². The first kappa shape index (κ1) is 30.1. The molecule has 13 rings (SSSR count). The minimum Gasteiger partial charge on any atom is -0.456 e. The molecule has 258 valence electrons. The molecule has 0 bridgehead atoms. The van der Waals surface area contributed by atoms with Gasteiger partial charge in [-0.2, -0.15) is 0 Å². The first-order chi connectivity index (χ1) is 27.8. The van der Waals surface area contributed by atoms with Crippen molar-refractivity contribution < 1.29 is 4.74 Å². The molecule has 0 fully saturated rings. The van der Waals surface area contributed by atoms with Crippen LogP contribution >= 0.6 is 0 Å². The van der Waals surface area contributed by atoms with Gasteiger partial charge in [0.25, 0.3) is 0 Å². The summed E-state index contributed by atoms with van der Waals surface area (Å²) in [4.78, 5) is 0. The maximum absolute atomic E-state index is 6.52. The van der Waals surface area contributed by atoms with Crippen LogP contribution in [0.3, 0.4) is 0 Å². The predicted octanol–water partition coefficient (Wildman–Crippen LogP) is 14.6. The van der Waals surface area contributed by atoms with E-state index in [4.69, 9.17) is 4.74 Å². The van der Waals surface area contributed by atoms with Crippen LogP contribution in [-0.4, -0.2) is 0 Å². The van der Waals surface area contributed by atoms with E-state index in [1.54, 1.807) is 0 Å². The Bertz CT molecular complexity index is 3300. The smallest absolute Gasteiger partial charge is 0.135 e. The molecule has 0 N–H and O–H groups in total. The summed E-state index contributed by atoms with van der Waals surface area (Å²) in [6.07, 6.45) is 0. The highest BCUT2D eigenvalue weighted by atomic mass is 16.5. The van der Waals surface area contributed by atoms with Crippen molar-refractivity contribution in [2.75, 3.05) is 0 Å². The van der Waals surface area contributed by atoms with Crippen molar-refractivity contribution in [1.29, 1.82) is 0 Å². The summed E-state index contributed by atoms with van der Waals surface area (Å²) < 4.78 is 6.52.